The van der Waals surface area contributed by atoms with Gasteiger partial charge < -0.3 is 10.6 Å². The van der Waals surface area contributed by atoms with Crippen molar-refractivity contribution in [3.8, 4) is 0 Å². The van der Waals surface area contributed by atoms with Crippen molar-refractivity contribution >= 4 is 22.8 Å². The Morgan fingerprint density at radius 1 is 1.23 bits per heavy atom. The minimum Gasteiger partial charge on any atom is -0.335 e. The number of halogens is 3. The van der Waals surface area contributed by atoms with E-state index in [2.05, 4.69) is 36.8 Å². The Morgan fingerprint density at radius 2 is 2.03 bits per heavy atom. The molecule has 2 aromatic heterocycles. The van der Waals surface area contributed by atoms with E-state index in [1.807, 2.05) is 6.20 Å². The van der Waals surface area contributed by atoms with E-state index in [9.17, 15) is 18.0 Å². The van der Waals surface area contributed by atoms with Gasteiger partial charge in [-0.05, 0) is 48.1 Å². The summed E-state index contributed by atoms with van der Waals surface area (Å²) in [5.41, 5.74) is 1.48. The maximum absolute atomic E-state index is 12.8. The highest BCUT2D eigenvalue weighted by Gasteiger charge is 2.52. The van der Waals surface area contributed by atoms with Crippen LogP contribution in [-0.4, -0.2) is 45.2 Å². The lowest BCUT2D eigenvalue weighted by Crippen LogP contribution is -2.66. The molecule has 3 aromatic rings. The highest BCUT2D eigenvalue weighted by molar-refractivity contribution is 5.89. The number of aromatic nitrogens is 3. The Kier molecular flexibility index (Phi) is 4.62. The predicted octanol–water partition coefficient (Wildman–Crippen LogP) is 3.76. The minimum absolute atomic E-state index is 0.0388. The van der Waals surface area contributed by atoms with Gasteiger partial charge in [0.2, 0.25) is 0 Å². The Balaban J connectivity index is 1.07. The molecule has 0 radical (unpaired) electrons. The van der Waals surface area contributed by atoms with Crippen LogP contribution in [0.15, 0.2) is 42.7 Å². The third-order valence-electron chi connectivity index (χ3n) is 6.01. The quantitative estimate of drug-likeness (QED) is 0.588. The molecule has 1 aliphatic carbocycles. The molecule has 0 unspecified atom stereocenters. The standard InChI is InChI=1S/C21H21F3N6O/c22-21(23,24)15-2-1-3-16(5-15)27-19(31)28-17-6-20(7-17)11-30(12-20)10-13-4-14-9-26-29-18(14)25-8-13/h1-5,8-9,17H,6-7,10-12H2,(H,25,26,29)(H2,27,28,31). The van der Waals surface area contributed by atoms with Gasteiger partial charge in [-0.2, -0.15) is 18.3 Å². The largest absolute Gasteiger partial charge is 0.416 e. The minimum atomic E-state index is -4.44. The Labute approximate surface area is 176 Å². The number of rotatable bonds is 4. The lowest BCUT2D eigenvalue weighted by Gasteiger charge is -2.59. The molecule has 7 nitrogen and oxygen atoms in total. The van der Waals surface area contributed by atoms with Crippen LogP contribution < -0.4 is 10.6 Å². The Hall–Kier alpha value is -3.14. The number of amides is 2. The molecular weight excluding hydrogens is 409 g/mol. The van der Waals surface area contributed by atoms with Gasteiger partial charge in [0.1, 0.15) is 0 Å². The number of carbonyl (C=O) groups is 1. The average Bonchev–Trinajstić information content (AvgIpc) is 3.12. The first kappa shape index (κ1) is 19.8. The number of urea groups is 1. The van der Waals surface area contributed by atoms with Crippen LogP contribution >= 0.6 is 0 Å². The fraction of sp³-hybridized carbons (Fsp3) is 0.381. The van der Waals surface area contributed by atoms with Gasteiger partial charge in [0.15, 0.2) is 5.65 Å². The number of anilines is 1. The summed E-state index contributed by atoms with van der Waals surface area (Å²) in [6.07, 6.45) is 0.923. The van der Waals surface area contributed by atoms with E-state index >= 15 is 0 Å². The number of likely N-dealkylation sites (tertiary alicyclic amines) is 1. The van der Waals surface area contributed by atoms with E-state index in [-0.39, 0.29) is 17.1 Å². The normalized spacial score (nSPS) is 18.5. The van der Waals surface area contributed by atoms with E-state index in [4.69, 9.17) is 0 Å². The second-order valence-electron chi connectivity index (χ2n) is 8.58. The summed E-state index contributed by atoms with van der Waals surface area (Å²) in [7, 11) is 0. The van der Waals surface area contributed by atoms with Crippen LogP contribution in [0.25, 0.3) is 11.0 Å². The monoisotopic (exact) mass is 430 g/mol. The smallest absolute Gasteiger partial charge is 0.335 e. The molecule has 2 aliphatic rings. The van der Waals surface area contributed by atoms with Crippen LogP contribution in [0, 0.1) is 5.41 Å². The van der Waals surface area contributed by atoms with E-state index in [1.54, 1.807) is 6.20 Å². The maximum atomic E-state index is 12.8. The lowest BCUT2D eigenvalue weighted by molar-refractivity contribution is -0.137. The highest BCUT2D eigenvalue weighted by atomic mass is 19.4. The number of fused-ring (bicyclic) bond motifs is 1. The number of hydrogen-bond donors (Lipinski definition) is 3. The average molecular weight is 430 g/mol. The molecule has 1 saturated carbocycles. The van der Waals surface area contributed by atoms with E-state index in [0.29, 0.717) is 0 Å². The number of alkyl halides is 3. The molecule has 2 fully saturated rings. The van der Waals surface area contributed by atoms with Crippen LogP contribution in [0.4, 0.5) is 23.7 Å². The second-order valence-corrected chi connectivity index (χ2v) is 8.58. The first-order chi connectivity index (χ1) is 14.8. The van der Waals surface area contributed by atoms with Gasteiger partial charge in [-0.25, -0.2) is 9.78 Å². The van der Waals surface area contributed by atoms with Gasteiger partial charge in [0.05, 0.1) is 11.8 Å². The van der Waals surface area contributed by atoms with Crippen LogP contribution in [0.2, 0.25) is 0 Å². The SMILES string of the molecule is O=C(Nc1cccc(C(F)(F)F)c1)NC1CC2(C1)CN(Cc1cnc3[nH]ncc3c1)C2. The molecule has 1 aromatic carbocycles. The maximum Gasteiger partial charge on any atom is 0.416 e. The van der Waals surface area contributed by atoms with Crippen molar-refractivity contribution in [3.05, 3.63) is 53.9 Å². The first-order valence-corrected chi connectivity index (χ1v) is 10.0. The number of benzene rings is 1. The van der Waals surface area contributed by atoms with Crippen molar-refractivity contribution < 1.29 is 18.0 Å². The van der Waals surface area contributed by atoms with Crippen molar-refractivity contribution in [1.82, 2.24) is 25.4 Å². The Bertz CT molecular complexity index is 1110. The van der Waals surface area contributed by atoms with Crippen LogP contribution in [0.5, 0.6) is 0 Å². The van der Waals surface area contributed by atoms with Crippen molar-refractivity contribution in [1.29, 1.82) is 0 Å². The van der Waals surface area contributed by atoms with Gasteiger partial charge >= 0.3 is 12.2 Å². The number of nitrogens with zero attached hydrogens (tertiary/aromatic N) is 3. The van der Waals surface area contributed by atoms with Crippen molar-refractivity contribution in [2.45, 2.75) is 31.6 Å². The molecule has 1 spiro atoms. The van der Waals surface area contributed by atoms with Crippen LogP contribution in [-0.2, 0) is 12.7 Å². The van der Waals surface area contributed by atoms with Crippen molar-refractivity contribution in [3.63, 3.8) is 0 Å². The fourth-order valence-corrected chi connectivity index (χ4v) is 4.71. The molecule has 2 amide bonds. The van der Waals surface area contributed by atoms with Crippen LogP contribution in [0.3, 0.4) is 0 Å². The number of H-pyrrole nitrogens is 1. The third kappa shape index (κ3) is 4.07. The molecule has 1 saturated heterocycles. The van der Waals surface area contributed by atoms with E-state index in [1.165, 1.54) is 12.1 Å². The molecule has 5 rings (SSSR count). The summed E-state index contributed by atoms with van der Waals surface area (Å²) in [4.78, 5) is 18.9. The number of hydrogen-bond acceptors (Lipinski definition) is 4. The molecule has 1 aliphatic heterocycles. The zero-order valence-corrected chi connectivity index (χ0v) is 16.5. The summed E-state index contributed by atoms with van der Waals surface area (Å²) in [5, 5.41) is 13.2. The third-order valence-corrected chi connectivity index (χ3v) is 6.01. The summed E-state index contributed by atoms with van der Waals surface area (Å²) >= 11 is 0. The Morgan fingerprint density at radius 3 is 2.81 bits per heavy atom. The molecule has 162 valence electrons. The predicted molar refractivity (Wildman–Crippen MR) is 108 cm³/mol. The van der Waals surface area contributed by atoms with Gasteiger partial charge in [-0.1, -0.05) is 6.07 Å². The first-order valence-electron chi connectivity index (χ1n) is 10.0. The molecule has 3 heterocycles. The van der Waals surface area contributed by atoms with Crippen molar-refractivity contribution in [2.24, 2.45) is 5.41 Å². The topological polar surface area (TPSA) is 85.9 Å². The molecular formula is C21H21F3N6O. The lowest BCUT2D eigenvalue weighted by atomic mass is 9.60. The molecule has 3 N–H and O–H groups in total. The van der Waals surface area contributed by atoms with Gasteiger partial charge in [-0.3, -0.25) is 10.00 Å². The number of pyridine rings is 1. The zero-order valence-electron chi connectivity index (χ0n) is 16.5. The van der Waals surface area contributed by atoms with E-state index < -0.39 is 17.8 Å². The van der Waals surface area contributed by atoms with Crippen LogP contribution in [0.1, 0.15) is 24.0 Å². The zero-order chi connectivity index (χ0) is 21.6. The molecule has 0 bridgehead atoms. The number of aromatic amines is 1. The van der Waals surface area contributed by atoms with Gasteiger partial charge in [-0.15, -0.1) is 0 Å². The molecule has 0 atom stereocenters. The fourth-order valence-electron chi connectivity index (χ4n) is 4.71. The number of carbonyl (C=O) groups excluding carboxylic acids is 1. The molecule has 31 heavy (non-hydrogen) atoms. The van der Waals surface area contributed by atoms with Gasteiger partial charge in [0, 0.05) is 42.9 Å². The van der Waals surface area contributed by atoms with Gasteiger partial charge in [0.25, 0.3) is 0 Å². The summed E-state index contributed by atoms with van der Waals surface area (Å²) in [5.74, 6) is 0. The highest BCUT2D eigenvalue weighted by Crippen LogP contribution is 2.48. The molecule has 10 heteroatoms. The summed E-state index contributed by atoms with van der Waals surface area (Å²) < 4.78 is 38.4. The number of nitrogens with one attached hydrogen (secondary N) is 3. The van der Waals surface area contributed by atoms with E-state index in [0.717, 1.165) is 61.2 Å². The summed E-state index contributed by atoms with van der Waals surface area (Å²) in [6.45, 7) is 2.75. The second kappa shape index (κ2) is 7.23. The summed E-state index contributed by atoms with van der Waals surface area (Å²) in [6, 6.07) is 6.27. The van der Waals surface area contributed by atoms with Crippen molar-refractivity contribution in [2.75, 3.05) is 18.4 Å².